The molecule has 0 heterocycles. The SMILES string of the molecule is C=CCC(=C)C(N)=O.C=CCOCC=C.O=C(O)CO. The Balaban J connectivity index is -0.000000223. The van der Waals surface area contributed by atoms with E-state index in [1.807, 2.05) is 0 Å². The average molecular weight is 285 g/mol. The lowest BCUT2D eigenvalue weighted by molar-refractivity contribution is -0.140. The van der Waals surface area contributed by atoms with Crippen LogP contribution in [0.15, 0.2) is 50.1 Å². The Bertz CT molecular complexity index is 316. The minimum atomic E-state index is -1.19. The molecule has 114 valence electrons. The summed E-state index contributed by atoms with van der Waals surface area (Å²) >= 11 is 0. The number of rotatable bonds is 8. The van der Waals surface area contributed by atoms with Crippen molar-refractivity contribution in [2.45, 2.75) is 6.42 Å². The summed E-state index contributed by atoms with van der Waals surface area (Å²) in [7, 11) is 0. The maximum Gasteiger partial charge on any atom is 0.329 e. The van der Waals surface area contributed by atoms with E-state index < -0.39 is 18.5 Å². The zero-order valence-corrected chi connectivity index (χ0v) is 11.6. The van der Waals surface area contributed by atoms with Crippen LogP contribution < -0.4 is 5.73 Å². The Morgan fingerprint density at radius 2 is 1.50 bits per heavy atom. The summed E-state index contributed by atoms with van der Waals surface area (Å²) in [6.07, 6.45) is 5.50. The minimum absolute atomic E-state index is 0.403. The molecule has 6 heteroatoms. The molecule has 0 aliphatic carbocycles. The molecule has 0 aliphatic heterocycles. The van der Waals surface area contributed by atoms with Gasteiger partial charge in [0, 0.05) is 5.57 Å². The van der Waals surface area contributed by atoms with Crippen molar-refractivity contribution in [3.63, 3.8) is 0 Å². The molecule has 0 aliphatic rings. The van der Waals surface area contributed by atoms with Gasteiger partial charge in [-0.2, -0.15) is 0 Å². The van der Waals surface area contributed by atoms with Crippen LogP contribution >= 0.6 is 0 Å². The summed E-state index contributed by atoms with van der Waals surface area (Å²) in [6.45, 7) is 14.2. The number of allylic oxidation sites excluding steroid dienone is 1. The van der Waals surface area contributed by atoms with Crippen molar-refractivity contribution in [1.29, 1.82) is 0 Å². The fraction of sp³-hybridized carbons (Fsp3) is 0.286. The standard InChI is InChI=1S/C6H9NO.C6H10O.C2H4O3/c1-3-4-5(2)6(7)8;1-3-5-7-6-4-2;3-1-2(4)5/h3H,1-2,4H2,(H2,7,8);3-4H,1-2,5-6H2;3H,1H2,(H,4,5). The van der Waals surface area contributed by atoms with Crippen LogP contribution in [0.5, 0.6) is 0 Å². The molecule has 0 aromatic heterocycles. The van der Waals surface area contributed by atoms with Gasteiger partial charge >= 0.3 is 5.97 Å². The Hall–Kier alpha value is -2.18. The highest BCUT2D eigenvalue weighted by Crippen LogP contribution is 1.94. The summed E-state index contributed by atoms with van der Waals surface area (Å²) in [5.74, 6) is -1.64. The van der Waals surface area contributed by atoms with Gasteiger partial charge < -0.3 is 20.7 Å². The molecule has 0 unspecified atom stereocenters. The van der Waals surface area contributed by atoms with Crippen molar-refractivity contribution in [2.24, 2.45) is 5.73 Å². The summed E-state index contributed by atoms with van der Waals surface area (Å²) in [6, 6.07) is 0. The number of hydrogen-bond acceptors (Lipinski definition) is 4. The highest BCUT2D eigenvalue weighted by molar-refractivity contribution is 5.91. The van der Waals surface area contributed by atoms with Gasteiger partial charge in [0.15, 0.2) is 0 Å². The number of aliphatic carboxylic acids is 1. The molecule has 0 saturated heterocycles. The fourth-order valence-corrected chi connectivity index (χ4v) is 0.510. The molecule has 0 aromatic rings. The highest BCUT2D eigenvalue weighted by atomic mass is 16.5. The van der Waals surface area contributed by atoms with E-state index in [4.69, 9.17) is 25.5 Å². The molecule has 0 spiro atoms. The highest BCUT2D eigenvalue weighted by Gasteiger charge is 1.95. The van der Waals surface area contributed by atoms with E-state index in [1.165, 1.54) is 0 Å². The van der Waals surface area contributed by atoms with E-state index in [0.29, 0.717) is 25.2 Å². The van der Waals surface area contributed by atoms with E-state index in [1.54, 1.807) is 18.2 Å². The van der Waals surface area contributed by atoms with Crippen molar-refractivity contribution in [2.75, 3.05) is 19.8 Å². The van der Waals surface area contributed by atoms with Gasteiger partial charge in [-0.15, -0.1) is 19.7 Å². The second-order valence-corrected chi connectivity index (χ2v) is 3.13. The van der Waals surface area contributed by atoms with Gasteiger partial charge in [-0.25, -0.2) is 4.79 Å². The molecule has 0 bridgehead atoms. The van der Waals surface area contributed by atoms with E-state index in [-0.39, 0.29) is 0 Å². The first-order valence-electron chi connectivity index (χ1n) is 5.57. The van der Waals surface area contributed by atoms with E-state index in [9.17, 15) is 4.79 Å². The molecule has 4 N–H and O–H groups in total. The molecule has 0 fully saturated rings. The van der Waals surface area contributed by atoms with Crippen molar-refractivity contribution in [3.05, 3.63) is 50.1 Å². The van der Waals surface area contributed by atoms with Gasteiger partial charge in [0.2, 0.25) is 5.91 Å². The van der Waals surface area contributed by atoms with Gasteiger partial charge in [-0.05, 0) is 6.42 Å². The summed E-state index contributed by atoms with van der Waals surface area (Å²) < 4.78 is 4.90. The number of ether oxygens (including phenoxy) is 1. The first-order valence-corrected chi connectivity index (χ1v) is 5.57. The lowest BCUT2D eigenvalue weighted by Gasteiger charge is -1.90. The largest absolute Gasteiger partial charge is 0.480 e. The van der Waals surface area contributed by atoms with Gasteiger partial charge in [0.05, 0.1) is 13.2 Å². The Morgan fingerprint density at radius 3 is 1.65 bits per heavy atom. The zero-order chi connectivity index (χ0) is 16.4. The van der Waals surface area contributed by atoms with Crippen molar-refractivity contribution >= 4 is 11.9 Å². The first-order chi connectivity index (χ1) is 9.37. The maximum atomic E-state index is 10.2. The lowest BCUT2D eigenvalue weighted by atomic mass is 10.2. The maximum absolute atomic E-state index is 10.2. The molecule has 6 nitrogen and oxygen atoms in total. The number of primary amides is 1. The second-order valence-electron chi connectivity index (χ2n) is 3.13. The summed E-state index contributed by atoms with van der Waals surface area (Å²) in [4.78, 5) is 19.3. The van der Waals surface area contributed by atoms with Crippen molar-refractivity contribution < 1.29 is 24.5 Å². The molecular formula is C14H23NO5. The van der Waals surface area contributed by atoms with Crippen LogP contribution in [0.25, 0.3) is 0 Å². The minimum Gasteiger partial charge on any atom is -0.480 e. The van der Waals surface area contributed by atoms with Crippen molar-refractivity contribution in [1.82, 2.24) is 0 Å². The molecule has 0 rings (SSSR count). The van der Waals surface area contributed by atoms with Crippen LogP contribution in [-0.4, -0.2) is 41.9 Å². The quantitative estimate of drug-likeness (QED) is 0.351. The number of nitrogens with two attached hydrogens (primary N) is 1. The van der Waals surface area contributed by atoms with E-state index >= 15 is 0 Å². The molecule has 0 radical (unpaired) electrons. The number of carboxylic acids is 1. The van der Waals surface area contributed by atoms with Gasteiger partial charge in [0.25, 0.3) is 0 Å². The second kappa shape index (κ2) is 19.2. The number of carbonyl (C=O) groups excluding carboxylic acids is 1. The monoisotopic (exact) mass is 285 g/mol. The Labute approximate surface area is 119 Å². The third kappa shape index (κ3) is 29.7. The van der Waals surface area contributed by atoms with Crippen LogP contribution in [0.2, 0.25) is 0 Å². The fourth-order valence-electron chi connectivity index (χ4n) is 0.510. The zero-order valence-electron chi connectivity index (χ0n) is 11.6. The number of aliphatic hydroxyl groups excluding tert-OH is 1. The van der Waals surface area contributed by atoms with E-state index in [2.05, 4.69) is 26.3 Å². The molecule has 0 atom stereocenters. The number of carboxylic acid groups (broad SMARTS) is 1. The third-order valence-corrected chi connectivity index (χ3v) is 1.35. The van der Waals surface area contributed by atoms with Gasteiger partial charge in [-0.1, -0.05) is 24.8 Å². The number of carbonyl (C=O) groups is 2. The van der Waals surface area contributed by atoms with Crippen LogP contribution in [0.4, 0.5) is 0 Å². The smallest absolute Gasteiger partial charge is 0.329 e. The topological polar surface area (TPSA) is 110 Å². The molecule has 1 amide bonds. The number of amides is 1. The normalized spacial score (nSPS) is 7.85. The molecule has 0 aromatic carbocycles. The lowest BCUT2D eigenvalue weighted by Crippen LogP contribution is -2.12. The summed E-state index contributed by atoms with van der Waals surface area (Å²) in [5, 5.41) is 15.0. The molecule has 0 saturated carbocycles. The third-order valence-electron chi connectivity index (χ3n) is 1.35. The Morgan fingerprint density at radius 1 is 1.10 bits per heavy atom. The average Bonchev–Trinajstić information content (AvgIpc) is 2.41. The first kappa shape index (κ1) is 23.0. The molecule has 20 heavy (non-hydrogen) atoms. The van der Waals surface area contributed by atoms with Gasteiger partial charge in [0.1, 0.15) is 6.61 Å². The predicted octanol–water partition coefficient (Wildman–Crippen LogP) is 1.04. The van der Waals surface area contributed by atoms with Crippen LogP contribution in [0.1, 0.15) is 6.42 Å². The number of aliphatic hydroxyl groups is 1. The van der Waals surface area contributed by atoms with Crippen LogP contribution in [0, 0.1) is 0 Å². The van der Waals surface area contributed by atoms with Crippen LogP contribution in [-0.2, 0) is 14.3 Å². The summed E-state index contributed by atoms with van der Waals surface area (Å²) in [5.41, 5.74) is 5.24. The van der Waals surface area contributed by atoms with Crippen LogP contribution in [0.3, 0.4) is 0 Å². The van der Waals surface area contributed by atoms with E-state index in [0.717, 1.165) is 0 Å². The van der Waals surface area contributed by atoms with Gasteiger partial charge in [-0.3, -0.25) is 4.79 Å². The molecular weight excluding hydrogens is 262 g/mol. The van der Waals surface area contributed by atoms with Crippen molar-refractivity contribution in [3.8, 4) is 0 Å². The predicted molar refractivity (Wildman–Crippen MR) is 79.1 cm³/mol. The number of hydrogen-bond donors (Lipinski definition) is 3. The Kier molecular flexibility index (Phi) is 22.0.